The van der Waals surface area contributed by atoms with Crippen molar-refractivity contribution in [2.45, 2.75) is 20.4 Å². The van der Waals surface area contributed by atoms with E-state index in [1.54, 1.807) is 0 Å². The molecule has 5 nitrogen and oxygen atoms in total. The van der Waals surface area contributed by atoms with Gasteiger partial charge in [0.2, 0.25) is 0 Å². The molecular formula is C14H22IN5. The second-order valence-electron chi connectivity index (χ2n) is 4.42. The summed E-state index contributed by atoms with van der Waals surface area (Å²) >= 11 is 0. The minimum atomic E-state index is 0. The summed E-state index contributed by atoms with van der Waals surface area (Å²) in [5, 5.41) is 0. The van der Waals surface area contributed by atoms with Crippen LogP contribution >= 0.6 is 24.0 Å². The zero-order chi connectivity index (χ0) is 13.8. The number of aryl methyl sites for hydroxylation is 1. The maximum absolute atomic E-state index is 5.97. The average Bonchev–Trinajstić information content (AvgIpc) is 2.75. The molecule has 2 N–H and O–H groups in total. The van der Waals surface area contributed by atoms with Crippen LogP contribution in [0.2, 0.25) is 0 Å². The van der Waals surface area contributed by atoms with Gasteiger partial charge in [0.25, 0.3) is 0 Å². The molecule has 1 aromatic heterocycles. The lowest BCUT2D eigenvalue weighted by atomic mass is 10.3. The molecule has 0 aliphatic heterocycles. The minimum absolute atomic E-state index is 0. The van der Waals surface area contributed by atoms with Gasteiger partial charge in [-0.15, -0.1) is 24.0 Å². The molecule has 20 heavy (non-hydrogen) atoms. The summed E-state index contributed by atoms with van der Waals surface area (Å²) in [5.74, 6) is 1.51. The Morgan fingerprint density at radius 3 is 2.55 bits per heavy atom. The molecule has 2 rings (SSSR count). The maximum Gasteiger partial charge on any atom is 0.191 e. The summed E-state index contributed by atoms with van der Waals surface area (Å²) in [4.78, 5) is 11.0. The van der Waals surface area contributed by atoms with E-state index in [0.29, 0.717) is 12.5 Å². The average molecular weight is 387 g/mol. The summed E-state index contributed by atoms with van der Waals surface area (Å²) in [5.41, 5.74) is 8.09. The highest BCUT2D eigenvalue weighted by atomic mass is 127. The Morgan fingerprint density at radius 1 is 1.30 bits per heavy atom. The van der Waals surface area contributed by atoms with Gasteiger partial charge in [0, 0.05) is 20.1 Å². The number of aliphatic imine (C=N–C) groups is 1. The smallest absolute Gasteiger partial charge is 0.191 e. The third kappa shape index (κ3) is 3.41. The number of hydrogen-bond acceptors (Lipinski definition) is 2. The standard InChI is InChI=1S/C14H21N5.HI/c1-4-19(5-2)14(15)16-10-13-17-11-8-6-7-9-12(11)18(13)3;/h6-9H,4-5,10H2,1-3H3,(H2,15,16);1H. The molecule has 0 aliphatic rings. The van der Waals surface area contributed by atoms with Gasteiger partial charge in [-0.2, -0.15) is 0 Å². The fraction of sp³-hybridized carbons (Fsp3) is 0.429. The number of nitrogens with two attached hydrogens (primary N) is 1. The van der Waals surface area contributed by atoms with Gasteiger partial charge in [0.15, 0.2) is 5.96 Å². The first-order valence-electron chi connectivity index (χ1n) is 6.62. The van der Waals surface area contributed by atoms with Crippen LogP contribution in [0.4, 0.5) is 0 Å². The van der Waals surface area contributed by atoms with E-state index in [2.05, 4.69) is 34.5 Å². The predicted octanol–water partition coefficient (Wildman–Crippen LogP) is 2.35. The lowest BCUT2D eigenvalue weighted by molar-refractivity contribution is 0.457. The van der Waals surface area contributed by atoms with E-state index in [-0.39, 0.29) is 24.0 Å². The van der Waals surface area contributed by atoms with Crippen molar-refractivity contribution in [2.24, 2.45) is 17.8 Å². The van der Waals surface area contributed by atoms with Crippen LogP contribution in [-0.4, -0.2) is 33.5 Å². The summed E-state index contributed by atoms with van der Waals surface area (Å²) in [7, 11) is 2.01. The van der Waals surface area contributed by atoms with Gasteiger partial charge in [0.1, 0.15) is 12.4 Å². The van der Waals surface area contributed by atoms with E-state index in [4.69, 9.17) is 5.73 Å². The third-order valence-corrected chi connectivity index (χ3v) is 3.35. The number of rotatable bonds is 4. The van der Waals surface area contributed by atoms with Gasteiger partial charge in [-0.05, 0) is 26.0 Å². The topological polar surface area (TPSA) is 59.4 Å². The van der Waals surface area contributed by atoms with Crippen LogP contribution in [0.3, 0.4) is 0 Å². The Bertz CT molecular complexity index is 586. The Labute approximate surface area is 136 Å². The number of halogens is 1. The monoisotopic (exact) mass is 387 g/mol. The fourth-order valence-corrected chi connectivity index (χ4v) is 2.14. The van der Waals surface area contributed by atoms with Crippen molar-refractivity contribution in [1.29, 1.82) is 0 Å². The normalized spacial score (nSPS) is 11.4. The SMILES string of the molecule is CCN(CC)C(N)=NCc1nc2ccccc2n1C.I. The summed E-state index contributed by atoms with van der Waals surface area (Å²) < 4.78 is 2.06. The van der Waals surface area contributed by atoms with Crippen LogP contribution in [0.1, 0.15) is 19.7 Å². The Balaban J connectivity index is 0.00000200. The first-order chi connectivity index (χ1) is 9.17. The number of nitrogens with zero attached hydrogens (tertiary/aromatic N) is 4. The molecule has 0 aliphatic carbocycles. The Morgan fingerprint density at radius 2 is 1.95 bits per heavy atom. The van der Waals surface area contributed by atoms with Gasteiger partial charge < -0.3 is 15.2 Å². The second-order valence-corrected chi connectivity index (χ2v) is 4.42. The minimum Gasteiger partial charge on any atom is -0.370 e. The molecule has 110 valence electrons. The predicted molar refractivity (Wildman–Crippen MR) is 94.4 cm³/mol. The van der Waals surface area contributed by atoms with Gasteiger partial charge in [-0.1, -0.05) is 12.1 Å². The fourth-order valence-electron chi connectivity index (χ4n) is 2.14. The zero-order valence-electron chi connectivity index (χ0n) is 12.2. The van der Waals surface area contributed by atoms with Crippen molar-refractivity contribution in [3.05, 3.63) is 30.1 Å². The third-order valence-electron chi connectivity index (χ3n) is 3.35. The number of benzene rings is 1. The first kappa shape index (κ1) is 16.7. The van der Waals surface area contributed by atoms with Gasteiger partial charge in [-0.3, -0.25) is 0 Å². The van der Waals surface area contributed by atoms with Gasteiger partial charge in [-0.25, -0.2) is 9.98 Å². The summed E-state index contributed by atoms with van der Waals surface area (Å²) in [6.45, 7) is 6.39. The largest absolute Gasteiger partial charge is 0.370 e. The van der Waals surface area contributed by atoms with Crippen LogP contribution in [0.5, 0.6) is 0 Å². The molecule has 0 saturated heterocycles. The number of fused-ring (bicyclic) bond motifs is 1. The van der Waals surface area contributed by atoms with E-state index in [1.807, 2.05) is 30.1 Å². The molecule has 0 amide bonds. The zero-order valence-corrected chi connectivity index (χ0v) is 14.5. The van der Waals surface area contributed by atoms with Crippen LogP contribution in [0.25, 0.3) is 11.0 Å². The molecule has 0 fully saturated rings. The van der Waals surface area contributed by atoms with Crippen molar-refractivity contribution in [2.75, 3.05) is 13.1 Å². The molecule has 6 heteroatoms. The maximum atomic E-state index is 5.97. The van der Waals surface area contributed by atoms with E-state index in [1.165, 1.54) is 0 Å². The van der Waals surface area contributed by atoms with E-state index < -0.39 is 0 Å². The van der Waals surface area contributed by atoms with Crippen LogP contribution in [0.15, 0.2) is 29.3 Å². The van der Waals surface area contributed by atoms with E-state index in [9.17, 15) is 0 Å². The molecule has 1 aromatic carbocycles. The first-order valence-corrected chi connectivity index (χ1v) is 6.62. The number of hydrogen-bond donors (Lipinski definition) is 1. The van der Waals surface area contributed by atoms with Gasteiger partial charge in [0.05, 0.1) is 11.0 Å². The highest BCUT2D eigenvalue weighted by Crippen LogP contribution is 2.14. The Hall–Kier alpha value is -1.31. The highest BCUT2D eigenvalue weighted by molar-refractivity contribution is 14.0. The van der Waals surface area contributed by atoms with Crippen molar-refractivity contribution in [3.8, 4) is 0 Å². The summed E-state index contributed by atoms with van der Waals surface area (Å²) in [6.07, 6.45) is 0. The number of para-hydroxylation sites is 2. The second kappa shape index (κ2) is 7.47. The number of aromatic nitrogens is 2. The molecular weight excluding hydrogens is 365 g/mol. The molecule has 0 unspecified atom stereocenters. The molecule has 0 atom stereocenters. The lowest BCUT2D eigenvalue weighted by Gasteiger charge is -2.19. The van der Waals surface area contributed by atoms with Crippen molar-refractivity contribution in [1.82, 2.24) is 14.5 Å². The number of imidazole rings is 1. The highest BCUT2D eigenvalue weighted by Gasteiger charge is 2.07. The lowest BCUT2D eigenvalue weighted by Crippen LogP contribution is -2.37. The van der Waals surface area contributed by atoms with Crippen molar-refractivity contribution in [3.63, 3.8) is 0 Å². The molecule has 1 heterocycles. The number of guanidine groups is 1. The molecule has 2 aromatic rings. The molecule has 0 spiro atoms. The van der Waals surface area contributed by atoms with Crippen LogP contribution < -0.4 is 5.73 Å². The van der Waals surface area contributed by atoms with E-state index >= 15 is 0 Å². The van der Waals surface area contributed by atoms with Crippen LogP contribution in [-0.2, 0) is 13.6 Å². The quantitative estimate of drug-likeness (QED) is 0.498. The van der Waals surface area contributed by atoms with Crippen molar-refractivity contribution >= 4 is 41.0 Å². The summed E-state index contributed by atoms with van der Waals surface area (Å²) in [6, 6.07) is 8.08. The molecule has 0 bridgehead atoms. The van der Waals surface area contributed by atoms with Crippen molar-refractivity contribution < 1.29 is 0 Å². The molecule has 0 saturated carbocycles. The molecule has 0 radical (unpaired) electrons. The van der Waals surface area contributed by atoms with Gasteiger partial charge >= 0.3 is 0 Å². The van der Waals surface area contributed by atoms with E-state index in [0.717, 1.165) is 29.9 Å². The van der Waals surface area contributed by atoms with Crippen LogP contribution in [0, 0.1) is 0 Å². The Kier molecular flexibility index (Phi) is 6.25.